The summed E-state index contributed by atoms with van der Waals surface area (Å²) in [4.78, 5) is 0. The second-order valence-corrected chi connectivity index (χ2v) is 3.60. The molecular weight excluding hydrogens is 222 g/mol. The highest BCUT2D eigenvalue weighted by atomic mass is 16.5. The molecule has 0 fully saturated rings. The molecule has 5 nitrogen and oxygen atoms in total. The molecule has 0 aliphatic rings. The minimum Gasteiger partial charge on any atom is -0.496 e. The van der Waals surface area contributed by atoms with E-state index < -0.39 is 6.04 Å². The van der Waals surface area contributed by atoms with Gasteiger partial charge in [0.15, 0.2) is 0 Å². The number of aliphatic hydroxyl groups is 1. The van der Waals surface area contributed by atoms with Crippen molar-refractivity contribution in [3.8, 4) is 11.5 Å². The lowest BCUT2D eigenvalue weighted by atomic mass is 10.0. The van der Waals surface area contributed by atoms with Crippen molar-refractivity contribution in [2.45, 2.75) is 12.6 Å². The Morgan fingerprint density at radius 3 is 2.41 bits per heavy atom. The van der Waals surface area contributed by atoms with Crippen LogP contribution < -0.4 is 15.2 Å². The molecular formula is C12H19NO4. The van der Waals surface area contributed by atoms with Crippen LogP contribution in [0.3, 0.4) is 0 Å². The summed E-state index contributed by atoms with van der Waals surface area (Å²) < 4.78 is 15.7. The van der Waals surface area contributed by atoms with Gasteiger partial charge in [-0.15, -0.1) is 0 Å². The summed E-state index contributed by atoms with van der Waals surface area (Å²) in [5.74, 6) is 1.20. The second kappa shape index (κ2) is 6.44. The molecule has 1 rings (SSSR count). The number of ether oxygens (including phenoxy) is 3. The van der Waals surface area contributed by atoms with E-state index in [2.05, 4.69) is 0 Å². The number of aliphatic hydroxyl groups excluding tert-OH is 1. The molecule has 0 radical (unpaired) electrons. The highest BCUT2D eigenvalue weighted by Gasteiger charge is 2.20. The highest BCUT2D eigenvalue weighted by Crippen LogP contribution is 2.36. The third kappa shape index (κ3) is 2.88. The Labute approximate surface area is 101 Å². The van der Waals surface area contributed by atoms with Gasteiger partial charge in [0.1, 0.15) is 11.5 Å². The molecule has 0 spiro atoms. The van der Waals surface area contributed by atoms with E-state index in [1.165, 1.54) is 0 Å². The summed E-state index contributed by atoms with van der Waals surface area (Å²) in [5.41, 5.74) is 7.39. The first kappa shape index (κ1) is 13.8. The molecule has 0 aromatic heterocycles. The molecule has 17 heavy (non-hydrogen) atoms. The third-order valence-corrected chi connectivity index (χ3v) is 2.53. The minimum absolute atomic E-state index is 0.177. The van der Waals surface area contributed by atoms with Crippen molar-refractivity contribution in [3.05, 3.63) is 23.3 Å². The van der Waals surface area contributed by atoms with Crippen LogP contribution in [0, 0.1) is 0 Å². The molecule has 1 aromatic rings. The van der Waals surface area contributed by atoms with Gasteiger partial charge in [0.25, 0.3) is 0 Å². The van der Waals surface area contributed by atoms with Crippen LogP contribution in [-0.2, 0) is 11.3 Å². The predicted molar refractivity (Wildman–Crippen MR) is 64.3 cm³/mol. The van der Waals surface area contributed by atoms with Gasteiger partial charge in [-0.3, -0.25) is 0 Å². The molecule has 3 N–H and O–H groups in total. The number of hydrogen-bond donors (Lipinski definition) is 2. The van der Waals surface area contributed by atoms with Crippen LogP contribution in [0.5, 0.6) is 11.5 Å². The predicted octanol–water partition coefficient (Wildman–Crippen LogP) is 0.842. The van der Waals surface area contributed by atoms with E-state index in [9.17, 15) is 5.11 Å². The summed E-state index contributed by atoms with van der Waals surface area (Å²) >= 11 is 0. The van der Waals surface area contributed by atoms with Crippen molar-refractivity contribution < 1.29 is 19.3 Å². The first-order valence-electron chi connectivity index (χ1n) is 5.28. The van der Waals surface area contributed by atoms with Gasteiger partial charge in [0.05, 0.1) is 39.0 Å². The minimum atomic E-state index is -0.545. The number of hydrogen-bond acceptors (Lipinski definition) is 5. The fraction of sp³-hybridized carbons (Fsp3) is 0.500. The van der Waals surface area contributed by atoms with Crippen LogP contribution in [0.2, 0.25) is 0 Å². The molecule has 0 saturated carbocycles. The Kier molecular flexibility index (Phi) is 5.21. The molecule has 0 aliphatic carbocycles. The van der Waals surface area contributed by atoms with Crippen molar-refractivity contribution in [3.63, 3.8) is 0 Å². The van der Waals surface area contributed by atoms with Gasteiger partial charge in [-0.05, 0) is 12.1 Å². The zero-order chi connectivity index (χ0) is 12.8. The van der Waals surface area contributed by atoms with Gasteiger partial charge in [-0.25, -0.2) is 0 Å². The normalized spacial score (nSPS) is 12.3. The highest BCUT2D eigenvalue weighted by molar-refractivity contribution is 5.51. The van der Waals surface area contributed by atoms with Crippen LogP contribution in [0.1, 0.15) is 17.2 Å². The smallest absolute Gasteiger partial charge is 0.132 e. The van der Waals surface area contributed by atoms with Gasteiger partial charge in [-0.2, -0.15) is 0 Å². The van der Waals surface area contributed by atoms with Crippen molar-refractivity contribution in [2.75, 3.05) is 27.9 Å². The zero-order valence-electron chi connectivity index (χ0n) is 10.4. The van der Waals surface area contributed by atoms with Gasteiger partial charge < -0.3 is 25.1 Å². The quantitative estimate of drug-likeness (QED) is 0.772. The number of rotatable bonds is 6. The first-order valence-corrected chi connectivity index (χ1v) is 5.28. The topological polar surface area (TPSA) is 73.9 Å². The van der Waals surface area contributed by atoms with Gasteiger partial charge >= 0.3 is 0 Å². The summed E-state index contributed by atoms with van der Waals surface area (Å²) in [5, 5.41) is 9.18. The van der Waals surface area contributed by atoms with E-state index in [1.54, 1.807) is 27.4 Å². The summed E-state index contributed by atoms with van der Waals surface area (Å²) in [6.07, 6.45) is 0. The van der Waals surface area contributed by atoms with Crippen molar-refractivity contribution in [1.82, 2.24) is 0 Å². The summed E-state index contributed by atoms with van der Waals surface area (Å²) in [6, 6.07) is 3.10. The molecule has 5 heteroatoms. The van der Waals surface area contributed by atoms with E-state index in [1.807, 2.05) is 6.07 Å². The van der Waals surface area contributed by atoms with E-state index in [0.717, 1.165) is 5.56 Å². The summed E-state index contributed by atoms with van der Waals surface area (Å²) in [6.45, 7) is 0.238. The summed E-state index contributed by atoms with van der Waals surface area (Å²) in [7, 11) is 4.72. The third-order valence-electron chi connectivity index (χ3n) is 2.53. The Balaban J connectivity index is 3.32. The maximum absolute atomic E-state index is 9.18. The largest absolute Gasteiger partial charge is 0.496 e. The van der Waals surface area contributed by atoms with Crippen LogP contribution in [-0.4, -0.2) is 33.0 Å². The van der Waals surface area contributed by atoms with Crippen LogP contribution >= 0.6 is 0 Å². The fourth-order valence-electron chi connectivity index (χ4n) is 1.76. The van der Waals surface area contributed by atoms with Crippen LogP contribution in [0.25, 0.3) is 0 Å². The van der Waals surface area contributed by atoms with Crippen molar-refractivity contribution in [1.29, 1.82) is 0 Å². The Morgan fingerprint density at radius 1 is 1.24 bits per heavy atom. The molecule has 1 aromatic carbocycles. The molecule has 0 bridgehead atoms. The molecule has 1 unspecified atom stereocenters. The molecule has 0 aliphatic heterocycles. The molecule has 0 saturated heterocycles. The van der Waals surface area contributed by atoms with Crippen molar-refractivity contribution >= 4 is 0 Å². The van der Waals surface area contributed by atoms with Gasteiger partial charge in [0, 0.05) is 12.7 Å². The van der Waals surface area contributed by atoms with E-state index in [0.29, 0.717) is 23.7 Å². The average Bonchev–Trinajstić information content (AvgIpc) is 2.37. The second-order valence-electron chi connectivity index (χ2n) is 3.60. The number of nitrogens with two attached hydrogens (primary N) is 1. The van der Waals surface area contributed by atoms with Crippen LogP contribution in [0.15, 0.2) is 12.1 Å². The Morgan fingerprint density at radius 2 is 1.94 bits per heavy atom. The molecule has 1 atom stereocenters. The first-order chi connectivity index (χ1) is 8.19. The number of benzene rings is 1. The molecule has 0 heterocycles. The van der Waals surface area contributed by atoms with Crippen LogP contribution in [0.4, 0.5) is 0 Å². The Bertz CT molecular complexity index is 368. The molecule has 0 amide bonds. The van der Waals surface area contributed by atoms with E-state index >= 15 is 0 Å². The standard InChI is InChI=1S/C12H19NO4/c1-15-7-8-4-5-10(16-2)11(9(13)6-14)12(8)17-3/h4-5,9,14H,6-7,13H2,1-3H3. The van der Waals surface area contributed by atoms with E-state index in [-0.39, 0.29) is 6.61 Å². The maximum atomic E-state index is 9.18. The zero-order valence-corrected chi connectivity index (χ0v) is 10.4. The fourth-order valence-corrected chi connectivity index (χ4v) is 1.76. The lowest BCUT2D eigenvalue weighted by molar-refractivity contribution is 0.181. The monoisotopic (exact) mass is 241 g/mol. The Hall–Kier alpha value is -1.30. The lowest BCUT2D eigenvalue weighted by Crippen LogP contribution is -2.17. The molecule has 96 valence electrons. The SMILES string of the molecule is COCc1ccc(OC)c(C(N)CO)c1OC. The average molecular weight is 241 g/mol. The maximum Gasteiger partial charge on any atom is 0.132 e. The van der Waals surface area contributed by atoms with Crippen molar-refractivity contribution in [2.24, 2.45) is 5.73 Å². The van der Waals surface area contributed by atoms with Gasteiger partial charge in [0.2, 0.25) is 0 Å². The lowest BCUT2D eigenvalue weighted by Gasteiger charge is -2.20. The van der Waals surface area contributed by atoms with Gasteiger partial charge in [-0.1, -0.05) is 0 Å². The van der Waals surface area contributed by atoms with E-state index in [4.69, 9.17) is 19.9 Å². The number of methoxy groups -OCH3 is 3.